The lowest BCUT2D eigenvalue weighted by Gasteiger charge is -2.10. The third-order valence-electron chi connectivity index (χ3n) is 4.58. The summed E-state index contributed by atoms with van der Waals surface area (Å²) in [5.41, 5.74) is -3.26. The molecule has 0 N–H and O–H groups in total. The molecule has 4 rings (SSSR count). The lowest BCUT2D eigenvalue weighted by Crippen LogP contribution is -2.31. The first-order chi connectivity index (χ1) is 15.4. The number of hydrogen-bond donors (Lipinski definition) is 0. The molecular weight excluding hydrogens is 466 g/mol. The average Bonchev–Trinajstić information content (AvgIpc) is 2.75. The van der Waals surface area contributed by atoms with Gasteiger partial charge in [0, 0.05) is 12.1 Å². The summed E-state index contributed by atoms with van der Waals surface area (Å²) in [5, 5.41) is 1.63. The zero-order valence-electron chi connectivity index (χ0n) is 16.8. The number of ether oxygens (including phenoxy) is 1. The molecule has 0 amide bonds. The van der Waals surface area contributed by atoms with E-state index in [-0.39, 0.29) is 5.82 Å². The monoisotopic (exact) mass is 481 g/mol. The predicted molar refractivity (Wildman–Crippen MR) is 110 cm³/mol. The molecule has 33 heavy (non-hydrogen) atoms. The number of aromatic nitrogens is 1. The summed E-state index contributed by atoms with van der Waals surface area (Å²) in [6, 6.07) is 20.8. The number of hydrogen-bond acceptors (Lipinski definition) is 5. The summed E-state index contributed by atoms with van der Waals surface area (Å²) < 4.78 is 79.5. The van der Waals surface area contributed by atoms with E-state index < -0.39 is 21.6 Å². The Hall–Kier alpha value is -3.57. The van der Waals surface area contributed by atoms with Crippen LogP contribution >= 0.6 is 0 Å². The van der Waals surface area contributed by atoms with E-state index in [1.54, 1.807) is 0 Å². The van der Waals surface area contributed by atoms with Crippen molar-refractivity contribution in [3.63, 3.8) is 0 Å². The van der Waals surface area contributed by atoms with Gasteiger partial charge in [0.1, 0.15) is 18.6 Å². The van der Waals surface area contributed by atoms with Crippen molar-refractivity contribution in [3.8, 4) is 5.75 Å². The molecule has 0 aliphatic rings. The molecular formula is C22H15F4NO5S. The number of carbonyl (C=O) groups is 1. The van der Waals surface area contributed by atoms with E-state index >= 15 is 0 Å². The molecule has 0 aliphatic heterocycles. The van der Waals surface area contributed by atoms with Crippen molar-refractivity contribution < 1.29 is 44.6 Å². The molecule has 0 aliphatic carbocycles. The second kappa shape index (κ2) is 9.12. The fraction of sp³-hybridized carbons (Fsp3) is 0.0909. The largest absolute Gasteiger partial charge is 0.741 e. The minimum Gasteiger partial charge on any atom is -0.741 e. The van der Waals surface area contributed by atoms with E-state index in [0.29, 0.717) is 11.3 Å². The van der Waals surface area contributed by atoms with E-state index in [0.717, 1.165) is 21.8 Å². The number of aryl methyl sites for hydroxylation is 1. The van der Waals surface area contributed by atoms with Crippen molar-refractivity contribution in [1.82, 2.24) is 0 Å². The van der Waals surface area contributed by atoms with Gasteiger partial charge in [-0.05, 0) is 36.4 Å². The molecule has 0 bridgehead atoms. The SMILES string of the molecule is C[n+]1c2ccccc2c(C(=O)Oc2ccc(F)cc2)c2ccccc21.O=S(=O)([O-])C(F)(F)F. The van der Waals surface area contributed by atoms with Crippen molar-refractivity contribution in [2.24, 2.45) is 7.05 Å². The number of esters is 1. The van der Waals surface area contributed by atoms with Crippen LogP contribution in [0.25, 0.3) is 21.8 Å². The number of pyridine rings is 1. The summed E-state index contributed by atoms with van der Waals surface area (Å²) in [7, 11) is -4.12. The maximum absolute atomic E-state index is 13.1. The molecule has 11 heteroatoms. The van der Waals surface area contributed by atoms with E-state index in [1.807, 2.05) is 55.6 Å². The first-order valence-corrected chi connectivity index (χ1v) is 10.6. The van der Waals surface area contributed by atoms with Gasteiger partial charge in [-0.1, -0.05) is 24.3 Å². The topological polar surface area (TPSA) is 87.4 Å². The van der Waals surface area contributed by atoms with Gasteiger partial charge in [-0.15, -0.1) is 0 Å². The molecule has 0 atom stereocenters. The normalized spacial score (nSPS) is 11.7. The van der Waals surface area contributed by atoms with Gasteiger partial charge in [0.2, 0.25) is 11.0 Å². The van der Waals surface area contributed by atoms with Crippen LogP contribution in [0.2, 0.25) is 0 Å². The van der Waals surface area contributed by atoms with Gasteiger partial charge in [0.15, 0.2) is 10.1 Å². The fourth-order valence-corrected chi connectivity index (χ4v) is 3.11. The maximum Gasteiger partial charge on any atom is 0.485 e. The van der Waals surface area contributed by atoms with E-state index in [9.17, 15) is 22.4 Å². The van der Waals surface area contributed by atoms with Gasteiger partial charge >= 0.3 is 11.5 Å². The van der Waals surface area contributed by atoms with E-state index in [4.69, 9.17) is 17.7 Å². The molecule has 0 radical (unpaired) electrons. The molecule has 4 aromatic rings. The smallest absolute Gasteiger partial charge is 0.485 e. The molecule has 172 valence electrons. The van der Waals surface area contributed by atoms with E-state index in [2.05, 4.69) is 4.57 Å². The van der Waals surface area contributed by atoms with Crippen LogP contribution in [-0.2, 0) is 17.2 Å². The number of nitrogens with zero attached hydrogens (tertiary/aromatic N) is 1. The number of para-hydroxylation sites is 2. The van der Waals surface area contributed by atoms with Gasteiger partial charge in [0.05, 0.1) is 16.3 Å². The Kier molecular flexibility index (Phi) is 6.65. The lowest BCUT2D eigenvalue weighted by molar-refractivity contribution is -0.617. The second-order valence-corrected chi connectivity index (χ2v) is 8.08. The van der Waals surface area contributed by atoms with Crippen molar-refractivity contribution >= 4 is 37.9 Å². The molecule has 6 nitrogen and oxygen atoms in total. The zero-order chi connectivity index (χ0) is 24.4. The molecule has 1 heterocycles. The molecule has 0 saturated carbocycles. The Morgan fingerprint density at radius 2 is 1.30 bits per heavy atom. The Balaban J connectivity index is 0.000000331. The second-order valence-electron chi connectivity index (χ2n) is 6.71. The van der Waals surface area contributed by atoms with Gasteiger partial charge in [0.25, 0.3) is 0 Å². The van der Waals surface area contributed by atoms with Gasteiger partial charge in [-0.25, -0.2) is 17.6 Å². The molecule has 0 spiro atoms. The van der Waals surface area contributed by atoms with Crippen molar-refractivity contribution in [2.75, 3.05) is 0 Å². The van der Waals surface area contributed by atoms with Crippen LogP contribution in [0, 0.1) is 5.82 Å². The lowest BCUT2D eigenvalue weighted by atomic mass is 10.0. The van der Waals surface area contributed by atoms with Gasteiger partial charge < -0.3 is 9.29 Å². The molecule has 0 saturated heterocycles. The number of fused-ring (bicyclic) bond motifs is 2. The number of alkyl halides is 3. The average molecular weight is 481 g/mol. The van der Waals surface area contributed by atoms with Crippen LogP contribution in [0.15, 0.2) is 72.8 Å². The zero-order valence-corrected chi connectivity index (χ0v) is 17.7. The van der Waals surface area contributed by atoms with Crippen molar-refractivity contribution in [3.05, 3.63) is 84.2 Å². The van der Waals surface area contributed by atoms with Crippen LogP contribution < -0.4 is 9.30 Å². The van der Waals surface area contributed by atoms with Crippen molar-refractivity contribution in [2.45, 2.75) is 5.51 Å². The first-order valence-electron chi connectivity index (χ1n) is 9.19. The standard InChI is InChI=1S/C21H15FNO2.CHF3O3S/c1-23-18-8-4-2-6-16(18)20(17-7-3-5-9-19(17)23)21(24)25-15-12-10-14(22)11-13-15;2-1(3,4)8(5,6)7/h2-13H,1H3;(H,5,6,7)/q+1;/p-1. The van der Waals surface area contributed by atoms with Crippen molar-refractivity contribution in [1.29, 1.82) is 0 Å². The molecule has 0 unspecified atom stereocenters. The Labute approximate surface area is 185 Å². The first kappa shape index (κ1) is 24.1. The van der Waals surface area contributed by atoms with Crippen LogP contribution in [0.3, 0.4) is 0 Å². The Bertz CT molecular complexity index is 1380. The third kappa shape index (κ3) is 5.26. The third-order valence-corrected chi connectivity index (χ3v) is 5.15. The Morgan fingerprint density at radius 1 is 0.879 bits per heavy atom. The highest BCUT2D eigenvalue weighted by molar-refractivity contribution is 7.86. The minimum absolute atomic E-state index is 0.313. The van der Waals surface area contributed by atoms with Crippen LogP contribution in [-0.4, -0.2) is 24.4 Å². The number of carbonyl (C=O) groups excluding carboxylic acids is 1. The van der Waals surface area contributed by atoms with Crippen LogP contribution in [0.1, 0.15) is 10.4 Å². The summed E-state index contributed by atoms with van der Waals surface area (Å²) in [4.78, 5) is 12.9. The highest BCUT2D eigenvalue weighted by Gasteiger charge is 2.36. The summed E-state index contributed by atoms with van der Waals surface area (Å²) in [6.45, 7) is 0. The van der Waals surface area contributed by atoms with E-state index in [1.165, 1.54) is 24.3 Å². The number of benzene rings is 3. The quantitative estimate of drug-likeness (QED) is 0.0814. The highest BCUT2D eigenvalue weighted by Crippen LogP contribution is 2.26. The number of halogens is 4. The molecule has 0 fully saturated rings. The van der Waals surface area contributed by atoms with Crippen LogP contribution in [0.5, 0.6) is 5.75 Å². The van der Waals surface area contributed by atoms with Crippen LogP contribution in [0.4, 0.5) is 17.6 Å². The van der Waals surface area contributed by atoms with Gasteiger partial charge in [-0.3, -0.25) is 0 Å². The molecule has 1 aromatic heterocycles. The minimum atomic E-state index is -6.09. The highest BCUT2D eigenvalue weighted by atomic mass is 32.2. The Morgan fingerprint density at radius 3 is 1.73 bits per heavy atom. The fourth-order valence-electron chi connectivity index (χ4n) is 3.11. The molecule has 3 aromatic carbocycles. The summed E-state index contributed by atoms with van der Waals surface area (Å²) >= 11 is 0. The summed E-state index contributed by atoms with van der Waals surface area (Å²) in [5.74, 6) is -0.519. The summed E-state index contributed by atoms with van der Waals surface area (Å²) in [6.07, 6.45) is 0. The maximum atomic E-state index is 13.1. The van der Waals surface area contributed by atoms with Gasteiger partial charge in [-0.2, -0.15) is 17.7 Å². The predicted octanol–water partition coefficient (Wildman–Crippen LogP) is 4.23. The number of rotatable bonds is 2.